The van der Waals surface area contributed by atoms with Crippen LogP contribution < -0.4 is 0 Å². The highest BCUT2D eigenvalue weighted by atomic mass is 32.2. The summed E-state index contributed by atoms with van der Waals surface area (Å²) >= 11 is 1.78. The Morgan fingerprint density at radius 2 is 2.26 bits per heavy atom. The second-order valence-electron chi connectivity index (χ2n) is 5.60. The van der Waals surface area contributed by atoms with E-state index in [2.05, 4.69) is 22.4 Å². The summed E-state index contributed by atoms with van der Waals surface area (Å²) in [6.07, 6.45) is 3.68. The number of hydrogen-bond donors (Lipinski definition) is 0. The van der Waals surface area contributed by atoms with Crippen molar-refractivity contribution in [2.75, 3.05) is 25.9 Å². The van der Waals surface area contributed by atoms with Crippen LogP contribution in [0.1, 0.15) is 17.7 Å². The van der Waals surface area contributed by atoms with Crippen molar-refractivity contribution in [3.05, 3.63) is 22.4 Å². The predicted molar refractivity (Wildman–Crippen MR) is 77.7 cm³/mol. The Kier molecular flexibility index (Phi) is 3.68. The zero-order chi connectivity index (χ0) is 13.5. The molecule has 2 saturated heterocycles. The Bertz CT molecular complexity index is 527. The molecule has 0 bridgehead atoms. The summed E-state index contributed by atoms with van der Waals surface area (Å²) in [6.45, 7) is 3.45. The van der Waals surface area contributed by atoms with Gasteiger partial charge in [-0.1, -0.05) is 6.07 Å². The Balaban J connectivity index is 1.73. The van der Waals surface area contributed by atoms with E-state index in [4.69, 9.17) is 0 Å². The molecule has 0 aliphatic carbocycles. The summed E-state index contributed by atoms with van der Waals surface area (Å²) in [4.78, 5) is 3.85. The van der Waals surface area contributed by atoms with Crippen molar-refractivity contribution in [3.8, 4) is 0 Å². The molecule has 2 atom stereocenters. The smallest absolute Gasteiger partial charge is 0.211 e. The Hall–Kier alpha value is -0.430. The molecule has 1 aromatic heterocycles. The molecule has 106 valence electrons. The maximum Gasteiger partial charge on any atom is 0.211 e. The molecule has 0 unspecified atom stereocenters. The van der Waals surface area contributed by atoms with Crippen LogP contribution in [-0.2, 0) is 16.6 Å². The van der Waals surface area contributed by atoms with Gasteiger partial charge in [-0.15, -0.1) is 11.3 Å². The molecule has 2 aliphatic rings. The van der Waals surface area contributed by atoms with Gasteiger partial charge in [0.2, 0.25) is 10.0 Å². The van der Waals surface area contributed by atoms with E-state index in [-0.39, 0.29) is 0 Å². The first-order valence-electron chi connectivity index (χ1n) is 6.75. The average molecular weight is 300 g/mol. The molecule has 2 aliphatic heterocycles. The van der Waals surface area contributed by atoms with E-state index in [9.17, 15) is 8.42 Å². The van der Waals surface area contributed by atoms with Crippen molar-refractivity contribution in [2.24, 2.45) is 5.92 Å². The minimum atomic E-state index is -3.04. The Morgan fingerprint density at radius 1 is 1.42 bits per heavy atom. The third-order valence-electron chi connectivity index (χ3n) is 4.27. The van der Waals surface area contributed by atoms with Crippen LogP contribution in [0.15, 0.2) is 17.5 Å². The summed E-state index contributed by atoms with van der Waals surface area (Å²) in [6, 6.07) is 4.65. The number of hydrogen-bond acceptors (Lipinski definition) is 4. The summed E-state index contributed by atoms with van der Waals surface area (Å²) < 4.78 is 25.1. The first-order valence-corrected chi connectivity index (χ1v) is 9.48. The molecule has 2 fully saturated rings. The van der Waals surface area contributed by atoms with Gasteiger partial charge in [-0.05, 0) is 36.8 Å². The molecule has 4 nitrogen and oxygen atoms in total. The Labute approximate surface area is 119 Å². The number of thiophene rings is 1. The molecule has 0 spiro atoms. The van der Waals surface area contributed by atoms with Crippen LogP contribution in [0.2, 0.25) is 0 Å². The highest BCUT2D eigenvalue weighted by molar-refractivity contribution is 7.88. The van der Waals surface area contributed by atoms with Crippen molar-refractivity contribution in [1.82, 2.24) is 9.21 Å². The number of piperidine rings is 1. The second-order valence-corrected chi connectivity index (χ2v) is 8.61. The van der Waals surface area contributed by atoms with Gasteiger partial charge in [0.15, 0.2) is 0 Å². The minimum Gasteiger partial charge on any atom is -0.294 e. The molecule has 0 N–H and O–H groups in total. The van der Waals surface area contributed by atoms with E-state index < -0.39 is 10.0 Å². The minimum absolute atomic E-state index is 0.408. The molecule has 0 radical (unpaired) electrons. The molecule has 0 saturated carbocycles. The van der Waals surface area contributed by atoms with Crippen molar-refractivity contribution in [1.29, 1.82) is 0 Å². The van der Waals surface area contributed by atoms with Crippen molar-refractivity contribution >= 4 is 21.4 Å². The van der Waals surface area contributed by atoms with E-state index in [1.165, 1.54) is 17.6 Å². The largest absolute Gasteiger partial charge is 0.294 e. The van der Waals surface area contributed by atoms with Crippen molar-refractivity contribution in [3.63, 3.8) is 0 Å². The van der Waals surface area contributed by atoms with Crippen LogP contribution in [0, 0.1) is 5.92 Å². The molecular formula is C13H20N2O2S2. The fraction of sp³-hybridized carbons (Fsp3) is 0.692. The first-order chi connectivity index (χ1) is 9.04. The van der Waals surface area contributed by atoms with Crippen LogP contribution in [0.5, 0.6) is 0 Å². The molecule has 3 rings (SSSR count). The first kappa shape index (κ1) is 13.5. The standard InChI is InChI=1S/C13H20N2O2S2/c1-19(16,17)15-8-11-4-2-6-14(13(11)10-15)9-12-5-3-7-18-12/h3,5,7,11,13H,2,4,6,8-10H2,1H3/t11-,13+/m0/s1. The van der Waals surface area contributed by atoms with Crippen LogP contribution in [0.25, 0.3) is 0 Å². The van der Waals surface area contributed by atoms with Crippen molar-refractivity contribution in [2.45, 2.75) is 25.4 Å². The lowest BCUT2D eigenvalue weighted by molar-refractivity contribution is 0.118. The molecule has 3 heterocycles. The normalized spacial score (nSPS) is 29.5. The maximum absolute atomic E-state index is 11.7. The van der Waals surface area contributed by atoms with Crippen LogP contribution in [-0.4, -0.2) is 49.6 Å². The van der Waals surface area contributed by atoms with E-state index in [1.807, 2.05) is 0 Å². The van der Waals surface area contributed by atoms with Crippen LogP contribution >= 0.6 is 11.3 Å². The summed E-state index contributed by atoms with van der Waals surface area (Å²) in [5.41, 5.74) is 0. The average Bonchev–Trinajstić information content (AvgIpc) is 2.96. The van der Waals surface area contributed by atoms with Gasteiger partial charge in [-0.25, -0.2) is 12.7 Å². The summed E-state index contributed by atoms with van der Waals surface area (Å²) in [5.74, 6) is 0.517. The number of sulfonamides is 1. The Morgan fingerprint density at radius 3 is 2.95 bits per heavy atom. The van der Waals surface area contributed by atoms with E-state index in [0.29, 0.717) is 25.0 Å². The highest BCUT2D eigenvalue weighted by Gasteiger charge is 2.41. The summed E-state index contributed by atoms with van der Waals surface area (Å²) in [5, 5.41) is 2.11. The molecule has 19 heavy (non-hydrogen) atoms. The predicted octanol–water partition coefficient (Wildman–Crippen LogP) is 1.60. The lowest BCUT2D eigenvalue weighted by atomic mass is 9.92. The SMILES string of the molecule is CS(=O)(=O)N1C[C@@H]2CCCN(Cc3cccs3)[C@@H]2C1. The number of fused-ring (bicyclic) bond motifs is 1. The van der Waals surface area contributed by atoms with Gasteiger partial charge in [0, 0.05) is 30.6 Å². The molecule has 0 aromatic carbocycles. The number of nitrogens with zero attached hydrogens (tertiary/aromatic N) is 2. The number of likely N-dealkylation sites (tertiary alicyclic amines) is 1. The van der Waals surface area contributed by atoms with Gasteiger partial charge in [-0.2, -0.15) is 0 Å². The molecule has 6 heteroatoms. The third-order valence-corrected chi connectivity index (χ3v) is 6.37. The number of rotatable bonds is 3. The van der Waals surface area contributed by atoms with Gasteiger partial charge >= 0.3 is 0 Å². The zero-order valence-electron chi connectivity index (χ0n) is 11.2. The van der Waals surface area contributed by atoms with E-state index in [1.54, 1.807) is 15.6 Å². The maximum atomic E-state index is 11.7. The van der Waals surface area contributed by atoms with Crippen LogP contribution in [0.4, 0.5) is 0 Å². The third kappa shape index (κ3) is 2.86. The van der Waals surface area contributed by atoms with Gasteiger partial charge in [0.25, 0.3) is 0 Å². The quantitative estimate of drug-likeness (QED) is 0.851. The fourth-order valence-electron chi connectivity index (χ4n) is 3.30. The van der Waals surface area contributed by atoms with Gasteiger partial charge in [0.05, 0.1) is 6.26 Å². The lowest BCUT2D eigenvalue weighted by Gasteiger charge is -2.36. The van der Waals surface area contributed by atoms with Crippen molar-refractivity contribution < 1.29 is 8.42 Å². The fourth-order valence-corrected chi connectivity index (χ4v) is 4.92. The lowest BCUT2D eigenvalue weighted by Crippen LogP contribution is -2.44. The molecule has 1 aromatic rings. The van der Waals surface area contributed by atoms with E-state index >= 15 is 0 Å². The molecular weight excluding hydrogens is 280 g/mol. The summed E-state index contributed by atoms with van der Waals surface area (Å²) in [7, 11) is -3.04. The van der Waals surface area contributed by atoms with Gasteiger partial charge in [0.1, 0.15) is 0 Å². The highest BCUT2D eigenvalue weighted by Crippen LogP contribution is 2.33. The zero-order valence-corrected chi connectivity index (χ0v) is 12.8. The monoisotopic (exact) mass is 300 g/mol. The van der Waals surface area contributed by atoms with Crippen LogP contribution in [0.3, 0.4) is 0 Å². The molecule has 0 amide bonds. The second kappa shape index (κ2) is 5.16. The topological polar surface area (TPSA) is 40.6 Å². The van der Waals surface area contributed by atoms with Gasteiger partial charge in [-0.3, -0.25) is 4.90 Å². The van der Waals surface area contributed by atoms with E-state index in [0.717, 1.165) is 19.5 Å². The van der Waals surface area contributed by atoms with Gasteiger partial charge < -0.3 is 0 Å².